The summed E-state index contributed by atoms with van der Waals surface area (Å²) in [6.45, 7) is 4.59. The number of hydrogen-bond donors (Lipinski definition) is 1. The van der Waals surface area contributed by atoms with Crippen molar-refractivity contribution < 1.29 is 9.53 Å². The molecule has 0 aliphatic heterocycles. The molecule has 0 aliphatic carbocycles. The standard InChI is InChI=1S/C10H22N2O2/c1-6-9(7-14-5)11-8(2)10(13)12(3)4/h8-9,11H,6-7H2,1-5H3/t8-,9?/m1/s1. The Kier molecular flexibility index (Phi) is 6.49. The molecule has 2 atom stereocenters. The minimum absolute atomic E-state index is 0.0968. The number of methoxy groups -OCH3 is 1. The van der Waals surface area contributed by atoms with E-state index in [0.29, 0.717) is 6.61 Å². The topological polar surface area (TPSA) is 41.6 Å². The van der Waals surface area contributed by atoms with Gasteiger partial charge in [-0.15, -0.1) is 0 Å². The molecule has 0 aliphatic rings. The van der Waals surface area contributed by atoms with Gasteiger partial charge in [0.1, 0.15) is 0 Å². The Hall–Kier alpha value is -0.610. The van der Waals surface area contributed by atoms with Gasteiger partial charge >= 0.3 is 0 Å². The summed E-state index contributed by atoms with van der Waals surface area (Å²) < 4.78 is 5.05. The Balaban J connectivity index is 4.01. The van der Waals surface area contributed by atoms with Crippen LogP contribution in [0.2, 0.25) is 0 Å². The van der Waals surface area contributed by atoms with Crippen molar-refractivity contribution in [1.82, 2.24) is 10.2 Å². The molecule has 0 spiro atoms. The van der Waals surface area contributed by atoms with Crippen LogP contribution in [0.4, 0.5) is 0 Å². The van der Waals surface area contributed by atoms with Crippen LogP contribution in [-0.4, -0.2) is 50.7 Å². The van der Waals surface area contributed by atoms with Gasteiger partial charge in [0.2, 0.25) is 5.91 Å². The Labute approximate surface area is 86.6 Å². The van der Waals surface area contributed by atoms with Crippen LogP contribution in [0.1, 0.15) is 20.3 Å². The fourth-order valence-electron chi connectivity index (χ4n) is 1.30. The minimum atomic E-state index is -0.148. The van der Waals surface area contributed by atoms with Gasteiger partial charge in [0, 0.05) is 27.2 Å². The highest BCUT2D eigenvalue weighted by Crippen LogP contribution is 1.96. The van der Waals surface area contributed by atoms with Crippen LogP contribution < -0.4 is 5.32 Å². The van der Waals surface area contributed by atoms with E-state index in [9.17, 15) is 4.79 Å². The van der Waals surface area contributed by atoms with Crippen LogP contribution in [0.15, 0.2) is 0 Å². The Morgan fingerprint density at radius 2 is 2.07 bits per heavy atom. The molecule has 4 nitrogen and oxygen atoms in total. The Morgan fingerprint density at radius 3 is 2.43 bits per heavy atom. The van der Waals surface area contributed by atoms with E-state index >= 15 is 0 Å². The molecular formula is C10H22N2O2. The van der Waals surface area contributed by atoms with Crippen LogP contribution in [0.25, 0.3) is 0 Å². The highest BCUT2D eigenvalue weighted by atomic mass is 16.5. The van der Waals surface area contributed by atoms with E-state index in [1.807, 2.05) is 6.92 Å². The molecule has 1 N–H and O–H groups in total. The minimum Gasteiger partial charge on any atom is -0.383 e. The second kappa shape index (κ2) is 6.79. The third-order valence-electron chi connectivity index (χ3n) is 2.16. The zero-order valence-corrected chi connectivity index (χ0v) is 9.83. The average Bonchev–Trinajstić information content (AvgIpc) is 2.15. The van der Waals surface area contributed by atoms with Crippen LogP contribution >= 0.6 is 0 Å². The smallest absolute Gasteiger partial charge is 0.238 e. The van der Waals surface area contributed by atoms with E-state index in [1.165, 1.54) is 0 Å². The largest absolute Gasteiger partial charge is 0.383 e. The average molecular weight is 202 g/mol. The van der Waals surface area contributed by atoms with Gasteiger partial charge in [0.25, 0.3) is 0 Å². The summed E-state index contributed by atoms with van der Waals surface area (Å²) in [6.07, 6.45) is 0.957. The number of likely N-dealkylation sites (N-methyl/N-ethyl adjacent to an activating group) is 1. The lowest BCUT2D eigenvalue weighted by Gasteiger charge is -2.23. The first kappa shape index (κ1) is 13.4. The molecule has 1 unspecified atom stereocenters. The van der Waals surface area contributed by atoms with E-state index in [0.717, 1.165) is 6.42 Å². The first-order valence-electron chi connectivity index (χ1n) is 4.99. The lowest BCUT2D eigenvalue weighted by Crippen LogP contribution is -2.47. The Morgan fingerprint density at radius 1 is 1.50 bits per heavy atom. The van der Waals surface area contributed by atoms with Crippen molar-refractivity contribution in [3.05, 3.63) is 0 Å². The molecule has 0 heterocycles. The SMILES string of the molecule is CCC(COC)N[C@H](C)C(=O)N(C)C. The summed E-state index contributed by atoms with van der Waals surface area (Å²) in [6, 6.07) is 0.101. The van der Waals surface area contributed by atoms with Crippen LogP contribution in [0, 0.1) is 0 Å². The molecule has 1 amide bonds. The molecule has 0 saturated heterocycles. The highest BCUT2D eigenvalue weighted by molar-refractivity contribution is 5.80. The maximum Gasteiger partial charge on any atom is 0.238 e. The number of nitrogens with zero attached hydrogens (tertiary/aromatic N) is 1. The molecule has 0 bridgehead atoms. The lowest BCUT2D eigenvalue weighted by atomic mass is 10.2. The van der Waals surface area contributed by atoms with Crippen molar-refractivity contribution in [3.8, 4) is 0 Å². The van der Waals surface area contributed by atoms with E-state index in [2.05, 4.69) is 12.2 Å². The summed E-state index contributed by atoms with van der Waals surface area (Å²) in [5.74, 6) is 0.0968. The normalized spacial score (nSPS) is 14.9. The zero-order chi connectivity index (χ0) is 11.1. The van der Waals surface area contributed by atoms with E-state index in [-0.39, 0.29) is 18.0 Å². The first-order chi connectivity index (χ1) is 6.52. The third-order valence-corrected chi connectivity index (χ3v) is 2.16. The van der Waals surface area contributed by atoms with Crippen molar-refractivity contribution in [3.63, 3.8) is 0 Å². The predicted octanol–water partition coefficient (Wildman–Crippen LogP) is 0.478. The van der Waals surface area contributed by atoms with Crippen molar-refractivity contribution >= 4 is 5.91 Å². The number of carbonyl (C=O) groups is 1. The lowest BCUT2D eigenvalue weighted by molar-refractivity contribution is -0.130. The fraction of sp³-hybridized carbons (Fsp3) is 0.900. The van der Waals surface area contributed by atoms with Crippen LogP contribution in [0.5, 0.6) is 0 Å². The van der Waals surface area contributed by atoms with Gasteiger partial charge in [0.05, 0.1) is 12.6 Å². The third kappa shape index (κ3) is 4.58. The quantitative estimate of drug-likeness (QED) is 0.681. The molecule has 0 radical (unpaired) electrons. The second-order valence-corrected chi connectivity index (χ2v) is 3.68. The molecule has 84 valence electrons. The van der Waals surface area contributed by atoms with E-state index < -0.39 is 0 Å². The Bertz CT molecular complexity index is 172. The number of amides is 1. The molecular weight excluding hydrogens is 180 g/mol. The van der Waals surface area contributed by atoms with Crippen LogP contribution in [-0.2, 0) is 9.53 Å². The van der Waals surface area contributed by atoms with Gasteiger partial charge in [-0.25, -0.2) is 0 Å². The zero-order valence-electron chi connectivity index (χ0n) is 9.83. The maximum absolute atomic E-state index is 11.5. The molecule has 0 aromatic heterocycles. The van der Waals surface area contributed by atoms with Crippen molar-refractivity contribution in [2.75, 3.05) is 27.8 Å². The van der Waals surface area contributed by atoms with Gasteiger partial charge in [-0.1, -0.05) is 6.92 Å². The monoisotopic (exact) mass is 202 g/mol. The summed E-state index contributed by atoms with van der Waals surface area (Å²) in [7, 11) is 5.19. The van der Waals surface area contributed by atoms with Gasteiger partial charge in [0.15, 0.2) is 0 Å². The van der Waals surface area contributed by atoms with Gasteiger partial charge in [-0.3, -0.25) is 4.79 Å². The summed E-state index contributed by atoms with van der Waals surface area (Å²) in [5, 5.41) is 3.23. The van der Waals surface area contributed by atoms with Crippen molar-refractivity contribution in [2.24, 2.45) is 0 Å². The summed E-state index contributed by atoms with van der Waals surface area (Å²) in [4.78, 5) is 13.1. The fourth-order valence-corrected chi connectivity index (χ4v) is 1.30. The number of hydrogen-bond acceptors (Lipinski definition) is 3. The predicted molar refractivity (Wildman–Crippen MR) is 57.2 cm³/mol. The molecule has 14 heavy (non-hydrogen) atoms. The molecule has 0 fully saturated rings. The molecule has 0 saturated carbocycles. The number of carbonyl (C=O) groups excluding carboxylic acids is 1. The van der Waals surface area contributed by atoms with Crippen LogP contribution in [0.3, 0.4) is 0 Å². The van der Waals surface area contributed by atoms with E-state index in [4.69, 9.17) is 4.74 Å². The second-order valence-electron chi connectivity index (χ2n) is 3.68. The number of nitrogens with one attached hydrogen (secondary N) is 1. The van der Waals surface area contributed by atoms with E-state index in [1.54, 1.807) is 26.1 Å². The van der Waals surface area contributed by atoms with Gasteiger partial charge in [-0.2, -0.15) is 0 Å². The summed E-state index contributed by atoms with van der Waals surface area (Å²) >= 11 is 0. The molecule has 0 aromatic carbocycles. The molecule has 0 aromatic rings. The highest BCUT2D eigenvalue weighted by Gasteiger charge is 2.17. The molecule has 4 heteroatoms. The van der Waals surface area contributed by atoms with Crippen molar-refractivity contribution in [1.29, 1.82) is 0 Å². The summed E-state index contributed by atoms with van der Waals surface area (Å²) in [5.41, 5.74) is 0. The molecule has 0 rings (SSSR count). The van der Waals surface area contributed by atoms with Gasteiger partial charge in [-0.05, 0) is 13.3 Å². The number of ether oxygens (including phenoxy) is 1. The number of rotatable bonds is 6. The van der Waals surface area contributed by atoms with Crippen molar-refractivity contribution in [2.45, 2.75) is 32.4 Å². The maximum atomic E-state index is 11.5. The van der Waals surface area contributed by atoms with Gasteiger partial charge < -0.3 is 15.0 Å². The first-order valence-corrected chi connectivity index (χ1v) is 4.99.